The maximum Gasteiger partial charge on any atom is 0.120 e. The molecule has 1 saturated heterocycles. The predicted molar refractivity (Wildman–Crippen MR) is 53.0 cm³/mol. The van der Waals surface area contributed by atoms with Gasteiger partial charge in [-0.2, -0.15) is 0 Å². The van der Waals surface area contributed by atoms with Crippen molar-refractivity contribution in [3.8, 4) is 5.75 Å². The molecule has 14 heavy (non-hydrogen) atoms. The van der Waals surface area contributed by atoms with Gasteiger partial charge in [0, 0.05) is 24.1 Å². The molecule has 0 bridgehead atoms. The van der Waals surface area contributed by atoms with Crippen LogP contribution in [0.25, 0.3) is 0 Å². The summed E-state index contributed by atoms with van der Waals surface area (Å²) in [5.41, 5.74) is 0.352. The van der Waals surface area contributed by atoms with E-state index in [0.29, 0.717) is 13.0 Å². The monoisotopic (exact) mass is 195 g/mol. The van der Waals surface area contributed by atoms with E-state index in [1.54, 1.807) is 12.1 Å². The van der Waals surface area contributed by atoms with Crippen LogP contribution >= 0.6 is 0 Å². The van der Waals surface area contributed by atoms with E-state index in [-0.39, 0.29) is 5.75 Å². The highest BCUT2D eigenvalue weighted by Crippen LogP contribution is 2.36. The third kappa shape index (κ3) is 1.48. The second kappa shape index (κ2) is 3.24. The lowest BCUT2D eigenvalue weighted by atomic mass is 9.89. The van der Waals surface area contributed by atoms with E-state index < -0.39 is 11.7 Å². The van der Waals surface area contributed by atoms with Crippen LogP contribution in [0.2, 0.25) is 0 Å². The first-order valence-corrected chi connectivity index (χ1v) is 4.79. The molecule has 0 aromatic heterocycles. The third-order valence-electron chi connectivity index (χ3n) is 2.84. The summed E-state index contributed by atoms with van der Waals surface area (Å²) < 4.78 is 13.1. The standard InChI is InChI=1S/C11H14FNO/c1-11(6-8(12)7-13-11)9-4-2-3-5-10(9)14/h2-5,8,13-14H,6-7H2,1H3. The van der Waals surface area contributed by atoms with Gasteiger partial charge >= 0.3 is 0 Å². The number of rotatable bonds is 1. The number of para-hydroxylation sites is 1. The first-order valence-electron chi connectivity index (χ1n) is 4.79. The van der Waals surface area contributed by atoms with Crippen LogP contribution in [0, 0.1) is 0 Å². The van der Waals surface area contributed by atoms with Gasteiger partial charge in [0.2, 0.25) is 0 Å². The van der Waals surface area contributed by atoms with Crippen molar-refractivity contribution in [2.45, 2.75) is 25.1 Å². The zero-order chi connectivity index (χ0) is 10.2. The molecule has 1 heterocycles. The maximum atomic E-state index is 13.1. The minimum Gasteiger partial charge on any atom is -0.508 e. The Morgan fingerprint density at radius 2 is 2.21 bits per heavy atom. The van der Waals surface area contributed by atoms with Gasteiger partial charge in [-0.1, -0.05) is 18.2 Å². The number of alkyl halides is 1. The van der Waals surface area contributed by atoms with E-state index >= 15 is 0 Å². The first kappa shape index (κ1) is 9.46. The van der Waals surface area contributed by atoms with Crippen molar-refractivity contribution in [1.82, 2.24) is 5.32 Å². The van der Waals surface area contributed by atoms with Gasteiger partial charge in [0.15, 0.2) is 0 Å². The average Bonchev–Trinajstić information content (AvgIpc) is 2.48. The third-order valence-corrected chi connectivity index (χ3v) is 2.84. The number of hydrogen-bond donors (Lipinski definition) is 2. The molecule has 1 aromatic carbocycles. The van der Waals surface area contributed by atoms with Crippen molar-refractivity contribution < 1.29 is 9.50 Å². The Morgan fingerprint density at radius 3 is 2.79 bits per heavy atom. The van der Waals surface area contributed by atoms with E-state index in [1.165, 1.54) is 0 Å². The summed E-state index contributed by atoms with van der Waals surface area (Å²) in [7, 11) is 0. The minimum atomic E-state index is -0.820. The molecule has 3 heteroatoms. The normalized spacial score (nSPS) is 32.0. The van der Waals surface area contributed by atoms with E-state index in [1.807, 2.05) is 19.1 Å². The number of phenolic OH excluding ortho intramolecular Hbond substituents is 1. The number of nitrogens with one attached hydrogen (secondary N) is 1. The highest BCUT2D eigenvalue weighted by atomic mass is 19.1. The van der Waals surface area contributed by atoms with Crippen molar-refractivity contribution in [1.29, 1.82) is 0 Å². The van der Waals surface area contributed by atoms with Crippen molar-refractivity contribution in [3.05, 3.63) is 29.8 Å². The molecular formula is C11H14FNO. The Bertz CT molecular complexity index is 342. The molecule has 0 aliphatic carbocycles. The molecule has 2 nitrogen and oxygen atoms in total. The molecule has 2 atom stereocenters. The maximum absolute atomic E-state index is 13.1. The Hall–Kier alpha value is -1.09. The van der Waals surface area contributed by atoms with E-state index in [0.717, 1.165) is 5.56 Å². The summed E-state index contributed by atoms with van der Waals surface area (Å²) in [4.78, 5) is 0. The molecule has 2 unspecified atom stereocenters. The van der Waals surface area contributed by atoms with Gasteiger partial charge in [0.1, 0.15) is 11.9 Å². The van der Waals surface area contributed by atoms with Gasteiger partial charge in [0.25, 0.3) is 0 Å². The summed E-state index contributed by atoms with van der Waals surface area (Å²) in [5, 5.41) is 12.8. The molecule has 0 radical (unpaired) electrons. The Kier molecular flexibility index (Phi) is 2.19. The number of phenols is 1. The summed E-state index contributed by atoms with van der Waals surface area (Å²) in [6.07, 6.45) is -0.399. The molecule has 1 aromatic rings. The van der Waals surface area contributed by atoms with Crippen molar-refractivity contribution in [3.63, 3.8) is 0 Å². The average molecular weight is 195 g/mol. The van der Waals surface area contributed by atoms with Gasteiger partial charge in [-0.3, -0.25) is 0 Å². The predicted octanol–water partition coefficient (Wildman–Crippen LogP) is 1.94. The smallest absolute Gasteiger partial charge is 0.120 e. The molecule has 0 saturated carbocycles. The first-order chi connectivity index (χ1) is 6.62. The fraction of sp³-hybridized carbons (Fsp3) is 0.455. The second-order valence-corrected chi connectivity index (χ2v) is 4.03. The highest BCUT2D eigenvalue weighted by Gasteiger charge is 2.37. The number of hydrogen-bond acceptors (Lipinski definition) is 2. The zero-order valence-corrected chi connectivity index (χ0v) is 8.13. The number of aromatic hydroxyl groups is 1. The van der Waals surface area contributed by atoms with Crippen LogP contribution in [0.4, 0.5) is 4.39 Å². The SMILES string of the molecule is CC1(c2ccccc2O)CC(F)CN1. The molecule has 2 N–H and O–H groups in total. The van der Waals surface area contributed by atoms with Crippen LogP contribution in [-0.4, -0.2) is 17.8 Å². The lowest BCUT2D eigenvalue weighted by Crippen LogP contribution is -2.33. The van der Waals surface area contributed by atoms with Crippen LogP contribution in [0.15, 0.2) is 24.3 Å². The lowest BCUT2D eigenvalue weighted by Gasteiger charge is -2.25. The quantitative estimate of drug-likeness (QED) is 0.717. The van der Waals surface area contributed by atoms with Crippen LogP contribution in [0.5, 0.6) is 5.75 Å². The van der Waals surface area contributed by atoms with Crippen molar-refractivity contribution >= 4 is 0 Å². The van der Waals surface area contributed by atoms with Gasteiger partial charge in [0.05, 0.1) is 0 Å². The zero-order valence-electron chi connectivity index (χ0n) is 8.13. The van der Waals surface area contributed by atoms with Crippen molar-refractivity contribution in [2.75, 3.05) is 6.54 Å². The number of benzene rings is 1. The van der Waals surface area contributed by atoms with Crippen LogP contribution in [0.1, 0.15) is 18.9 Å². The second-order valence-electron chi connectivity index (χ2n) is 4.03. The summed E-state index contributed by atoms with van der Waals surface area (Å²) in [6.45, 7) is 2.28. The summed E-state index contributed by atoms with van der Waals surface area (Å²) in [6, 6.07) is 7.09. The van der Waals surface area contributed by atoms with Gasteiger partial charge in [-0.05, 0) is 13.0 Å². The van der Waals surface area contributed by atoms with E-state index in [2.05, 4.69) is 5.32 Å². The molecule has 1 fully saturated rings. The Labute approximate surface area is 82.8 Å². The molecule has 0 spiro atoms. The fourth-order valence-electron chi connectivity index (χ4n) is 2.07. The molecule has 1 aliphatic heterocycles. The molecule has 1 aliphatic rings. The highest BCUT2D eigenvalue weighted by molar-refractivity contribution is 5.38. The van der Waals surface area contributed by atoms with Gasteiger partial charge in [-0.15, -0.1) is 0 Å². The van der Waals surface area contributed by atoms with Gasteiger partial charge in [-0.25, -0.2) is 4.39 Å². The van der Waals surface area contributed by atoms with Gasteiger partial charge < -0.3 is 10.4 Å². The van der Waals surface area contributed by atoms with Crippen LogP contribution < -0.4 is 5.32 Å². The molecule has 0 amide bonds. The molecular weight excluding hydrogens is 181 g/mol. The molecule has 76 valence electrons. The van der Waals surface area contributed by atoms with Crippen LogP contribution in [-0.2, 0) is 5.54 Å². The largest absolute Gasteiger partial charge is 0.508 e. The lowest BCUT2D eigenvalue weighted by molar-refractivity contribution is 0.328. The minimum absolute atomic E-state index is 0.233. The Morgan fingerprint density at radius 1 is 1.50 bits per heavy atom. The topological polar surface area (TPSA) is 32.3 Å². The van der Waals surface area contributed by atoms with E-state index in [4.69, 9.17) is 0 Å². The summed E-state index contributed by atoms with van der Waals surface area (Å²) >= 11 is 0. The fourth-order valence-corrected chi connectivity index (χ4v) is 2.07. The number of halogens is 1. The Balaban J connectivity index is 2.35. The molecule has 2 rings (SSSR count). The summed E-state index contributed by atoms with van der Waals surface area (Å²) in [5.74, 6) is 0.233. The van der Waals surface area contributed by atoms with Crippen LogP contribution in [0.3, 0.4) is 0 Å². The van der Waals surface area contributed by atoms with E-state index in [9.17, 15) is 9.50 Å². The van der Waals surface area contributed by atoms with Crippen molar-refractivity contribution in [2.24, 2.45) is 0 Å².